The van der Waals surface area contributed by atoms with Crippen molar-refractivity contribution in [2.24, 2.45) is 0 Å². The standard InChI is InChI=1S/C23H27ClN2O4S/c24-21-8-6-20(7-9-21)23(12-15-30-16-13-23)18-25-22(27)10-14-26-31(28,29)17-11-19-4-2-1-3-5-19/h1-9,11,17,26H,10,12-16,18H2,(H,25,27)/b17-11+. The maximum atomic E-state index is 12.4. The molecule has 0 unspecified atom stereocenters. The summed E-state index contributed by atoms with van der Waals surface area (Å²) < 4.78 is 32.1. The smallest absolute Gasteiger partial charge is 0.233 e. The maximum Gasteiger partial charge on any atom is 0.233 e. The van der Waals surface area contributed by atoms with Crippen LogP contribution in [-0.2, 0) is 25.0 Å². The highest BCUT2D eigenvalue weighted by molar-refractivity contribution is 7.92. The van der Waals surface area contributed by atoms with Crippen LogP contribution in [0.3, 0.4) is 0 Å². The van der Waals surface area contributed by atoms with Crippen LogP contribution in [0.25, 0.3) is 6.08 Å². The van der Waals surface area contributed by atoms with Crippen molar-refractivity contribution < 1.29 is 17.9 Å². The van der Waals surface area contributed by atoms with Gasteiger partial charge < -0.3 is 10.1 Å². The van der Waals surface area contributed by atoms with E-state index in [9.17, 15) is 13.2 Å². The Morgan fingerprint density at radius 3 is 2.42 bits per heavy atom. The fourth-order valence-electron chi connectivity index (χ4n) is 3.58. The van der Waals surface area contributed by atoms with E-state index in [4.69, 9.17) is 16.3 Å². The lowest BCUT2D eigenvalue weighted by atomic mass is 9.74. The summed E-state index contributed by atoms with van der Waals surface area (Å²) >= 11 is 6.02. The number of hydrogen-bond acceptors (Lipinski definition) is 4. The van der Waals surface area contributed by atoms with Crippen LogP contribution < -0.4 is 10.0 Å². The topological polar surface area (TPSA) is 84.5 Å². The Morgan fingerprint density at radius 1 is 1.06 bits per heavy atom. The predicted octanol–water partition coefficient (Wildman–Crippen LogP) is 3.48. The molecular weight excluding hydrogens is 436 g/mol. The first-order valence-electron chi connectivity index (χ1n) is 10.2. The van der Waals surface area contributed by atoms with Gasteiger partial charge in [-0.2, -0.15) is 0 Å². The molecule has 166 valence electrons. The third-order valence-electron chi connectivity index (χ3n) is 5.42. The van der Waals surface area contributed by atoms with Gasteiger partial charge in [0.05, 0.1) is 0 Å². The Kier molecular flexibility index (Phi) is 8.26. The molecular formula is C23H27ClN2O4S. The molecule has 31 heavy (non-hydrogen) atoms. The quantitative estimate of drug-likeness (QED) is 0.597. The Labute approximate surface area is 188 Å². The molecule has 2 aromatic carbocycles. The van der Waals surface area contributed by atoms with Crippen LogP contribution in [0.4, 0.5) is 0 Å². The van der Waals surface area contributed by atoms with Crippen LogP contribution in [0.5, 0.6) is 0 Å². The molecule has 6 nitrogen and oxygen atoms in total. The van der Waals surface area contributed by atoms with Crippen molar-refractivity contribution in [2.75, 3.05) is 26.3 Å². The van der Waals surface area contributed by atoms with Gasteiger partial charge in [0.15, 0.2) is 0 Å². The first-order chi connectivity index (χ1) is 14.9. The van der Waals surface area contributed by atoms with E-state index < -0.39 is 10.0 Å². The molecule has 0 bridgehead atoms. The Balaban J connectivity index is 1.50. The molecule has 1 aliphatic rings. The van der Waals surface area contributed by atoms with Gasteiger partial charge in [0.2, 0.25) is 15.9 Å². The first-order valence-corrected chi connectivity index (χ1v) is 12.1. The van der Waals surface area contributed by atoms with Crippen molar-refractivity contribution in [3.63, 3.8) is 0 Å². The minimum Gasteiger partial charge on any atom is -0.381 e. The molecule has 0 radical (unpaired) electrons. The number of ether oxygens (including phenoxy) is 1. The van der Waals surface area contributed by atoms with Crippen molar-refractivity contribution in [1.82, 2.24) is 10.0 Å². The minimum atomic E-state index is -3.61. The summed E-state index contributed by atoms with van der Waals surface area (Å²) in [7, 11) is -3.61. The van der Waals surface area contributed by atoms with Gasteiger partial charge in [-0.25, -0.2) is 13.1 Å². The average Bonchev–Trinajstić information content (AvgIpc) is 2.78. The van der Waals surface area contributed by atoms with Gasteiger partial charge in [0.1, 0.15) is 0 Å². The molecule has 2 aromatic rings. The first kappa shape index (κ1) is 23.5. The van der Waals surface area contributed by atoms with Gasteiger partial charge in [0.25, 0.3) is 0 Å². The minimum absolute atomic E-state index is 0.0321. The molecule has 1 aliphatic heterocycles. The van der Waals surface area contributed by atoms with E-state index >= 15 is 0 Å². The number of benzene rings is 2. The molecule has 1 saturated heterocycles. The number of nitrogens with one attached hydrogen (secondary N) is 2. The third kappa shape index (κ3) is 7.18. The highest BCUT2D eigenvalue weighted by atomic mass is 35.5. The Morgan fingerprint density at radius 2 is 1.74 bits per heavy atom. The molecule has 1 fully saturated rings. The van der Waals surface area contributed by atoms with E-state index in [0.717, 1.165) is 29.4 Å². The Hall–Kier alpha value is -2.19. The summed E-state index contributed by atoms with van der Waals surface area (Å²) in [4.78, 5) is 12.4. The third-order valence-corrected chi connectivity index (χ3v) is 6.78. The van der Waals surface area contributed by atoms with Crippen LogP contribution in [0.15, 0.2) is 60.0 Å². The van der Waals surface area contributed by atoms with E-state index in [2.05, 4.69) is 10.0 Å². The van der Waals surface area contributed by atoms with Gasteiger partial charge in [-0.05, 0) is 42.2 Å². The second kappa shape index (κ2) is 10.9. The van der Waals surface area contributed by atoms with Gasteiger partial charge in [-0.15, -0.1) is 0 Å². The summed E-state index contributed by atoms with van der Waals surface area (Å²) in [5, 5.41) is 4.75. The number of carbonyl (C=O) groups is 1. The van der Waals surface area contributed by atoms with Crippen LogP contribution in [-0.4, -0.2) is 40.6 Å². The normalized spacial score (nSPS) is 16.3. The zero-order valence-corrected chi connectivity index (χ0v) is 18.8. The zero-order valence-electron chi connectivity index (χ0n) is 17.2. The van der Waals surface area contributed by atoms with Crippen LogP contribution in [0.2, 0.25) is 5.02 Å². The lowest BCUT2D eigenvalue weighted by Gasteiger charge is -2.38. The van der Waals surface area contributed by atoms with Gasteiger partial charge in [0, 0.05) is 48.6 Å². The van der Waals surface area contributed by atoms with Gasteiger partial charge >= 0.3 is 0 Å². The van der Waals surface area contributed by atoms with Crippen LogP contribution >= 0.6 is 11.6 Å². The van der Waals surface area contributed by atoms with E-state index in [0.29, 0.717) is 24.8 Å². The van der Waals surface area contributed by atoms with Crippen molar-refractivity contribution in [1.29, 1.82) is 0 Å². The average molecular weight is 463 g/mol. The van der Waals surface area contributed by atoms with E-state index in [1.807, 2.05) is 54.6 Å². The molecule has 0 atom stereocenters. The van der Waals surface area contributed by atoms with Gasteiger partial charge in [-0.3, -0.25) is 4.79 Å². The number of amides is 1. The molecule has 0 aromatic heterocycles. The molecule has 2 N–H and O–H groups in total. The highest BCUT2D eigenvalue weighted by Gasteiger charge is 2.34. The van der Waals surface area contributed by atoms with Crippen molar-refractivity contribution in [2.45, 2.75) is 24.7 Å². The van der Waals surface area contributed by atoms with Crippen LogP contribution in [0, 0.1) is 0 Å². The number of rotatable bonds is 9. The monoisotopic (exact) mass is 462 g/mol. The number of carbonyl (C=O) groups excluding carboxylic acids is 1. The summed E-state index contributed by atoms with van der Waals surface area (Å²) in [6.45, 7) is 1.76. The lowest BCUT2D eigenvalue weighted by Crippen LogP contribution is -2.45. The molecule has 0 spiro atoms. The zero-order chi connectivity index (χ0) is 22.2. The van der Waals surface area contributed by atoms with Crippen molar-refractivity contribution >= 4 is 33.6 Å². The Bertz CT molecular complexity index is 986. The molecule has 0 saturated carbocycles. The van der Waals surface area contributed by atoms with Gasteiger partial charge in [-0.1, -0.05) is 54.1 Å². The predicted molar refractivity (Wildman–Crippen MR) is 123 cm³/mol. The number of hydrogen-bond donors (Lipinski definition) is 2. The second-order valence-corrected chi connectivity index (χ2v) is 9.67. The lowest BCUT2D eigenvalue weighted by molar-refractivity contribution is -0.121. The molecule has 1 amide bonds. The van der Waals surface area contributed by atoms with Crippen LogP contribution in [0.1, 0.15) is 30.4 Å². The largest absolute Gasteiger partial charge is 0.381 e. The van der Waals surface area contributed by atoms with E-state index in [1.54, 1.807) is 0 Å². The van der Waals surface area contributed by atoms with E-state index in [1.165, 1.54) is 6.08 Å². The summed E-state index contributed by atoms with van der Waals surface area (Å²) in [5.41, 5.74) is 1.69. The number of halogens is 1. The van der Waals surface area contributed by atoms with Crippen molar-refractivity contribution in [3.8, 4) is 0 Å². The SMILES string of the molecule is O=C(CCNS(=O)(=O)/C=C/c1ccccc1)NCC1(c2ccc(Cl)cc2)CCOCC1. The summed E-state index contributed by atoms with van der Waals surface area (Å²) in [5.74, 6) is -0.199. The molecule has 3 rings (SSSR count). The fourth-order valence-corrected chi connectivity index (χ4v) is 4.52. The molecule has 0 aliphatic carbocycles. The molecule has 8 heteroatoms. The number of sulfonamides is 1. The van der Waals surface area contributed by atoms with Crippen molar-refractivity contribution in [3.05, 3.63) is 76.2 Å². The second-order valence-electron chi connectivity index (χ2n) is 7.58. The maximum absolute atomic E-state index is 12.4. The highest BCUT2D eigenvalue weighted by Crippen LogP contribution is 2.34. The molecule has 1 heterocycles. The fraction of sp³-hybridized carbons (Fsp3) is 0.348. The van der Waals surface area contributed by atoms with E-state index in [-0.39, 0.29) is 24.3 Å². The summed E-state index contributed by atoms with van der Waals surface area (Å²) in [6, 6.07) is 16.8. The summed E-state index contributed by atoms with van der Waals surface area (Å²) in [6.07, 6.45) is 3.17.